The largest absolute Gasteiger partial charge is 0.481 e. The van der Waals surface area contributed by atoms with Crippen LogP contribution in [0.2, 0.25) is 0 Å². The van der Waals surface area contributed by atoms with Crippen LogP contribution in [0.4, 0.5) is 0 Å². The van der Waals surface area contributed by atoms with E-state index in [0.29, 0.717) is 0 Å². The summed E-state index contributed by atoms with van der Waals surface area (Å²) in [4.78, 5) is 18.7. The van der Waals surface area contributed by atoms with Crippen molar-refractivity contribution in [2.24, 2.45) is 11.8 Å². The predicted octanol–water partition coefficient (Wildman–Crippen LogP) is 2.54. The Labute approximate surface area is 123 Å². The number of carboxylic acids is 1. The molecule has 2 unspecified atom stereocenters. The molecule has 0 aromatic carbocycles. The molecule has 21 heavy (non-hydrogen) atoms. The molecule has 0 saturated heterocycles. The summed E-state index contributed by atoms with van der Waals surface area (Å²) in [6.45, 7) is 1.51. The maximum atomic E-state index is 11.3. The highest BCUT2D eigenvalue weighted by atomic mass is 16.4. The molecule has 2 atom stereocenters. The average molecular weight is 287 g/mol. The molecule has 112 valence electrons. The van der Waals surface area contributed by atoms with Crippen LogP contribution in [-0.4, -0.2) is 27.6 Å². The molecule has 1 aliphatic rings. The van der Waals surface area contributed by atoms with Crippen LogP contribution < -0.4 is 5.32 Å². The van der Waals surface area contributed by atoms with Gasteiger partial charge in [0.15, 0.2) is 0 Å². The standard InChI is InChI=1S/C16H21N3O2/c20-16(21)14-5-2-1-4-11(14)8-17-9-12-10-19-15-13(12)6-3-7-18-15/h3,6-7,10-11,14,17H,1-2,4-5,8-9H2,(H,18,19)(H,20,21). The fraction of sp³-hybridized carbons (Fsp3) is 0.500. The molecule has 0 bridgehead atoms. The first-order valence-electron chi connectivity index (χ1n) is 7.60. The maximum Gasteiger partial charge on any atom is 0.306 e. The lowest BCUT2D eigenvalue weighted by Gasteiger charge is -2.28. The van der Waals surface area contributed by atoms with E-state index >= 15 is 0 Å². The predicted molar refractivity (Wildman–Crippen MR) is 80.9 cm³/mol. The second-order valence-corrected chi connectivity index (χ2v) is 5.83. The first kappa shape index (κ1) is 14.1. The number of nitrogens with one attached hydrogen (secondary N) is 2. The number of hydrogen-bond acceptors (Lipinski definition) is 3. The van der Waals surface area contributed by atoms with Crippen LogP contribution in [-0.2, 0) is 11.3 Å². The van der Waals surface area contributed by atoms with Gasteiger partial charge < -0.3 is 15.4 Å². The van der Waals surface area contributed by atoms with Crippen LogP contribution in [0, 0.1) is 11.8 Å². The van der Waals surface area contributed by atoms with Crippen molar-refractivity contribution in [3.05, 3.63) is 30.1 Å². The van der Waals surface area contributed by atoms with Crippen molar-refractivity contribution in [1.29, 1.82) is 0 Å². The molecule has 0 amide bonds. The van der Waals surface area contributed by atoms with E-state index in [2.05, 4.69) is 21.4 Å². The molecule has 0 aliphatic heterocycles. The Kier molecular flexibility index (Phi) is 4.20. The number of carboxylic acid groups (broad SMARTS) is 1. The van der Waals surface area contributed by atoms with Crippen molar-refractivity contribution in [2.45, 2.75) is 32.2 Å². The van der Waals surface area contributed by atoms with Crippen molar-refractivity contribution in [1.82, 2.24) is 15.3 Å². The Morgan fingerprint density at radius 1 is 1.43 bits per heavy atom. The van der Waals surface area contributed by atoms with Gasteiger partial charge in [0.1, 0.15) is 5.65 Å². The van der Waals surface area contributed by atoms with Crippen LogP contribution >= 0.6 is 0 Å². The van der Waals surface area contributed by atoms with Gasteiger partial charge in [-0.15, -0.1) is 0 Å². The molecule has 3 N–H and O–H groups in total. The number of aliphatic carboxylic acids is 1. The Bertz CT molecular complexity index is 623. The van der Waals surface area contributed by atoms with E-state index in [4.69, 9.17) is 0 Å². The van der Waals surface area contributed by atoms with Crippen molar-refractivity contribution in [2.75, 3.05) is 6.54 Å². The minimum absolute atomic E-state index is 0.184. The summed E-state index contributed by atoms with van der Waals surface area (Å²) < 4.78 is 0. The summed E-state index contributed by atoms with van der Waals surface area (Å²) in [5, 5.41) is 13.8. The van der Waals surface area contributed by atoms with E-state index in [-0.39, 0.29) is 11.8 Å². The maximum absolute atomic E-state index is 11.3. The first-order valence-corrected chi connectivity index (χ1v) is 7.60. The van der Waals surface area contributed by atoms with E-state index in [1.165, 1.54) is 5.56 Å². The van der Waals surface area contributed by atoms with Gasteiger partial charge in [-0.25, -0.2) is 4.98 Å². The molecule has 2 heterocycles. The summed E-state index contributed by atoms with van der Waals surface area (Å²) in [7, 11) is 0. The molecule has 3 rings (SSSR count). The van der Waals surface area contributed by atoms with Gasteiger partial charge in [-0.3, -0.25) is 4.79 Å². The molecule has 1 saturated carbocycles. The third-order valence-corrected chi connectivity index (χ3v) is 4.49. The number of pyridine rings is 1. The molecule has 5 nitrogen and oxygen atoms in total. The normalized spacial score (nSPS) is 22.5. The van der Waals surface area contributed by atoms with Gasteiger partial charge in [0.05, 0.1) is 5.92 Å². The van der Waals surface area contributed by atoms with Gasteiger partial charge in [0.25, 0.3) is 0 Å². The average Bonchev–Trinajstić information content (AvgIpc) is 2.91. The molecule has 1 aliphatic carbocycles. The third-order valence-electron chi connectivity index (χ3n) is 4.49. The van der Waals surface area contributed by atoms with Gasteiger partial charge in [-0.05, 0) is 43.0 Å². The summed E-state index contributed by atoms with van der Waals surface area (Å²) in [6.07, 6.45) is 7.77. The lowest BCUT2D eigenvalue weighted by atomic mass is 9.79. The van der Waals surface area contributed by atoms with Crippen molar-refractivity contribution in [3.63, 3.8) is 0 Å². The highest BCUT2D eigenvalue weighted by molar-refractivity contribution is 5.79. The summed E-state index contributed by atoms with van der Waals surface area (Å²) in [6, 6.07) is 3.98. The van der Waals surface area contributed by atoms with Gasteiger partial charge in [-0.2, -0.15) is 0 Å². The lowest BCUT2D eigenvalue weighted by Crippen LogP contribution is -2.34. The first-order chi connectivity index (χ1) is 10.3. The van der Waals surface area contributed by atoms with Crippen LogP contribution in [0.15, 0.2) is 24.5 Å². The zero-order valence-corrected chi connectivity index (χ0v) is 12.0. The Morgan fingerprint density at radius 3 is 3.14 bits per heavy atom. The SMILES string of the molecule is O=C(O)C1CCCCC1CNCc1c[nH]c2ncccc12. The second-order valence-electron chi connectivity index (χ2n) is 5.83. The molecule has 0 spiro atoms. The van der Waals surface area contributed by atoms with E-state index < -0.39 is 5.97 Å². The van der Waals surface area contributed by atoms with Crippen LogP contribution in [0.25, 0.3) is 11.0 Å². The lowest BCUT2D eigenvalue weighted by molar-refractivity contribution is -0.144. The number of rotatable bonds is 5. The van der Waals surface area contributed by atoms with E-state index in [1.54, 1.807) is 6.20 Å². The molecular weight excluding hydrogens is 266 g/mol. The minimum Gasteiger partial charge on any atom is -0.481 e. The Hall–Kier alpha value is -1.88. The number of hydrogen-bond donors (Lipinski definition) is 3. The Morgan fingerprint density at radius 2 is 2.29 bits per heavy atom. The number of H-pyrrole nitrogens is 1. The van der Waals surface area contributed by atoms with E-state index in [1.807, 2.05) is 12.3 Å². The van der Waals surface area contributed by atoms with Gasteiger partial charge >= 0.3 is 5.97 Å². The highest BCUT2D eigenvalue weighted by Gasteiger charge is 2.30. The van der Waals surface area contributed by atoms with Gasteiger partial charge in [-0.1, -0.05) is 12.8 Å². The number of fused-ring (bicyclic) bond motifs is 1. The zero-order chi connectivity index (χ0) is 14.7. The topological polar surface area (TPSA) is 78.0 Å². The second kappa shape index (κ2) is 6.26. The summed E-state index contributed by atoms with van der Waals surface area (Å²) >= 11 is 0. The summed E-state index contributed by atoms with van der Waals surface area (Å²) in [5.74, 6) is -0.576. The monoisotopic (exact) mass is 287 g/mol. The number of carbonyl (C=O) groups is 1. The molecule has 5 heteroatoms. The van der Waals surface area contributed by atoms with Gasteiger partial charge in [0, 0.05) is 24.3 Å². The molecule has 1 fully saturated rings. The quantitative estimate of drug-likeness (QED) is 0.789. The fourth-order valence-electron chi connectivity index (χ4n) is 3.33. The van der Waals surface area contributed by atoms with Crippen molar-refractivity contribution >= 4 is 17.0 Å². The number of aromatic nitrogens is 2. The number of nitrogens with zero attached hydrogens (tertiary/aromatic N) is 1. The zero-order valence-electron chi connectivity index (χ0n) is 12.0. The summed E-state index contributed by atoms with van der Waals surface area (Å²) in [5.41, 5.74) is 2.08. The highest BCUT2D eigenvalue weighted by Crippen LogP contribution is 2.29. The van der Waals surface area contributed by atoms with E-state index in [0.717, 1.165) is 49.8 Å². The van der Waals surface area contributed by atoms with Gasteiger partial charge in [0.2, 0.25) is 0 Å². The third kappa shape index (κ3) is 3.08. The van der Waals surface area contributed by atoms with Crippen LogP contribution in [0.3, 0.4) is 0 Å². The molecule has 2 aromatic rings. The van der Waals surface area contributed by atoms with Crippen molar-refractivity contribution in [3.8, 4) is 0 Å². The number of aromatic amines is 1. The van der Waals surface area contributed by atoms with Crippen LogP contribution in [0.1, 0.15) is 31.2 Å². The smallest absolute Gasteiger partial charge is 0.306 e. The Balaban J connectivity index is 1.59. The van der Waals surface area contributed by atoms with Crippen molar-refractivity contribution < 1.29 is 9.90 Å². The minimum atomic E-state index is -0.641. The molecule has 0 radical (unpaired) electrons. The van der Waals surface area contributed by atoms with Crippen LogP contribution in [0.5, 0.6) is 0 Å². The molecular formula is C16H21N3O2. The van der Waals surface area contributed by atoms with E-state index in [9.17, 15) is 9.90 Å². The molecule has 2 aromatic heterocycles. The fourth-order valence-corrected chi connectivity index (χ4v) is 3.33.